The summed E-state index contributed by atoms with van der Waals surface area (Å²) in [6.45, 7) is 1.01. The summed E-state index contributed by atoms with van der Waals surface area (Å²) in [5, 5.41) is 3.07. The van der Waals surface area contributed by atoms with Gasteiger partial charge in [-0.3, -0.25) is 9.63 Å². The molecule has 1 amide bonds. The highest BCUT2D eigenvalue weighted by molar-refractivity contribution is 7.89. The van der Waals surface area contributed by atoms with Crippen LogP contribution in [0.3, 0.4) is 0 Å². The lowest BCUT2D eigenvalue weighted by Gasteiger charge is -2.23. The Bertz CT molecular complexity index is 1050. The second-order valence-corrected chi connectivity index (χ2v) is 9.25. The number of hydrogen-bond donors (Lipinski definition) is 1. The van der Waals surface area contributed by atoms with E-state index in [0.717, 1.165) is 22.9 Å². The van der Waals surface area contributed by atoms with Crippen molar-refractivity contribution in [3.05, 3.63) is 53.6 Å². The fourth-order valence-electron chi connectivity index (χ4n) is 3.43. The van der Waals surface area contributed by atoms with Gasteiger partial charge in [0.1, 0.15) is 13.2 Å². The summed E-state index contributed by atoms with van der Waals surface area (Å²) in [6.07, 6.45) is 2.04. The molecule has 0 spiro atoms. The Morgan fingerprint density at radius 3 is 2.57 bits per heavy atom. The highest BCUT2D eigenvalue weighted by Gasteiger charge is 2.34. The van der Waals surface area contributed by atoms with Crippen LogP contribution >= 0.6 is 0 Å². The zero-order chi connectivity index (χ0) is 21.3. The molecule has 1 aliphatic heterocycles. The Morgan fingerprint density at radius 2 is 1.87 bits per heavy atom. The van der Waals surface area contributed by atoms with Gasteiger partial charge in [0.2, 0.25) is 0 Å². The fourth-order valence-corrected chi connectivity index (χ4v) is 4.44. The van der Waals surface area contributed by atoms with Gasteiger partial charge in [-0.05, 0) is 54.7 Å². The molecular weight excluding hydrogens is 408 g/mol. The van der Waals surface area contributed by atoms with E-state index in [1.807, 2.05) is 18.2 Å². The fraction of sp³-hybridized carbons (Fsp3) is 0.381. The Morgan fingerprint density at radius 1 is 1.13 bits per heavy atom. The number of sulfonamides is 1. The number of carbonyl (C=O) groups is 1. The summed E-state index contributed by atoms with van der Waals surface area (Å²) in [7, 11) is -1.28. The van der Waals surface area contributed by atoms with E-state index in [-0.39, 0.29) is 22.4 Å². The monoisotopic (exact) mass is 432 g/mol. The number of nitrogens with one attached hydrogen (secondary N) is 1. The first-order chi connectivity index (χ1) is 14.4. The molecule has 1 N–H and O–H groups in total. The quantitative estimate of drug-likeness (QED) is 0.676. The molecular formula is C21H24N2O6S. The Balaban J connectivity index is 1.57. The molecule has 1 fully saturated rings. The van der Waals surface area contributed by atoms with Crippen LogP contribution in [0, 0.1) is 5.92 Å². The van der Waals surface area contributed by atoms with E-state index in [0.29, 0.717) is 30.6 Å². The highest BCUT2D eigenvalue weighted by atomic mass is 32.2. The van der Waals surface area contributed by atoms with Crippen molar-refractivity contribution in [2.45, 2.75) is 23.8 Å². The number of rotatable bonds is 7. The first kappa shape index (κ1) is 20.6. The zero-order valence-electron chi connectivity index (χ0n) is 16.8. The molecule has 1 unspecified atom stereocenters. The molecule has 1 saturated carbocycles. The third-order valence-electron chi connectivity index (χ3n) is 5.30. The van der Waals surface area contributed by atoms with Crippen LogP contribution in [0.15, 0.2) is 47.4 Å². The van der Waals surface area contributed by atoms with Gasteiger partial charge in [-0.15, -0.1) is 0 Å². The predicted octanol–water partition coefficient (Wildman–Crippen LogP) is 2.52. The SMILES string of the molecule is CON(C)S(=O)(=O)c1cccc(C(=O)NC(c2ccc3c(c2)OCCO3)C2CC2)c1. The number of carbonyl (C=O) groups excluding carboxylic acids is 1. The number of ether oxygens (including phenoxy) is 2. The average molecular weight is 432 g/mol. The topological polar surface area (TPSA) is 94.2 Å². The van der Waals surface area contributed by atoms with Crippen molar-refractivity contribution in [3.63, 3.8) is 0 Å². The summed E-state index contributed by atoms with van der Waals surface area (Å²) in [6, 6.07) is 11.4. The standard InChI is InChI=1S/C21H24N2O6S/c1-23(27-2)30(25,26)17-5-3-4-16(12-17)21(24)22-20(14-6-7-14)15-8-9-18-19(13-15)29-11-10-28-18/h3-5,8-9,12-14,20H,6-7,10-11H2,1-2H3,(H,22,24). The average Bonchev–Trinajstić information content (AvgIpc) is 3.61. The first-order valence-electron chi connectivity index (χ1n) is 9.73. The zero-order valence-corrected chi connectivity index (χ0v) is 17.6. The van der Waals surface area contributed by atoms with E-state index in [1.165, 1.54) is 26.3 Å². The smallest absolute Gasteiger partial charge is 0.264 e. The predicted molar refractivity (Wildman–Crippen MR) is 109 cm³/mol. The van der Waals surface area contributed by atoms with Gasteiger partial charge < -0.3 is 14.8 Å². The molecule has 9 heteroatoms. The van der Waals surface area contributed by atoms with Crippen LogP contribution in [-0.4, -0.2) is 46.2 Å². The van der Waals surface area contributed by atoms with Crippen molar-refractivity contribution in [3.8, 4) is 11.5 Å². The molecule has 0 aromatic heterocycles. The third kappa shape index (κ3) is 4.14. The molecule has 4 rings (SSSR count). The minimum Gasteiger partial charge on any atom is -0.486 e. The number of nitrogens with zero attached hydrogens (tertiary/aromatic N) is 1. The van der Waals surface area contributed by atoms with E-state index in [1.54, 1.807) is 12.1 Å². The van der Waals surface area contributed by atoms with Crippen molar-refractivity contribution >= 4 is 15.9 Å². The van der Waals surface area contributed by atoms with Crippen molar-refractivity contribution in [1.82, 2.24) is 9.79 Å². The molecule has 1 atom stereocenters. The second-order valence-electron chi connectivity index (χ2n) is 7.32. The number of hydrogen-bond acceptors (Lipinski definition) is 6. The minimum atomic E-state index is -3.84. The lowest BCUT2D eigenvalue weighted by atomic mass is 10.0. The van der Waals surface area contributed by atoms with Gasteiger partial charge in [-0.1, -0.05) is 16.6 Å². The maximum Gasteiger partial charge on any atom is 0.264 e. The van der Waals surface area contributed by atoms with Gasteiger partial charge in [0.15, 0.2) is 11.5 Å². The van der Waals surface area contributed by atoms with Gasteiger partial charge in [0, 0.05) is 12.6 Å². The maximum atomic E-state index is 13.0. The van der Waals surface area contributed by atoms with Crippen LogP contribution in [0.2, 0.25) is 0 Å². The number of amides is 1. The summed E-state index contributed by atoms with van der Waals surface area (Å²) >= 11 is 0. The number of fused-ring (bicyclic) bond motifs is 1. The van der Waals surface area contributed by atoms with Gasteiger partial charge in [-0.25, -0.2) is 8.42 Å². The molecule has 8 nitrogen and oxygen atoms in total. The molecule has 160 valence electrons. The molecule has 2 aromatic carbocycles. The van der Waals surface area contributed by atoms with E-state index in [9.17, 15) is 13.2 Å². The van der Waals surface area contributed by atoms with Crippen molar-refractivity contribution in [2.75, 3.05) is 27.4 Å². The largest absolute Gasteiger partial charge is 0.486 e. The number of hydroxylamine groups is 1. The second kappa shape index (κ2) is 8.25. The molecule has 0 radical (unpaired) electrons. The van der Waals surface area contributed by atoms with Crippen molar-refractivity contribution in [2.24, 2.45) is 5.92 Å². The van der Waals surface area contributed by atoms with Crippen LogP contribution in [0.4, 0.5) is 0 Å². The van der Waals surface area contributed by atoms with Crippen LogP contribution in [0.1, 0.15) is 34.8 Å². The maximum absolute atomic E-state index is 13.0. The first-order valence-corrected chi connectivity index (χ1v) is 11.2. The number of benzene rings is 2. The minimum absolute atomic E-state index is 0.0122. The third-order valence-corrected chi connectivity index (χ3v) is 6.97. The molecule has 0 bridgehead atoms. The van der Waals surface area contributed by atoms with Gasteiger partial charge in [0.05, 0.1) is 18.0 Å². The van der Waals surface area contributed by atoms with E-state index in [4.69, 9.17) is 14.3 Å². The van der Waals surface area contributed by atoms with Crippen LogP contribution in [0.25, 0.3) is 0 Å². The van der Waals surface area contributed by atoms with Crippen molar-refractivity contribution < 1.29 is 27.5 Å². The Hall–Kier alpha value is -2.62. The van der Waals surface area contributed by atoms with Crippen molar-refractivity contribution in [1.29, 1.82) is 0 Å². The Kier molecular flexibility index (Phi) is 5.68. The van der Waals surface area contributed by atoms with Gasteiger partial charge in [-0.2, -0.15) is 0 Å². The van der Waals surface area contributed by atoms with E-state index in [2.05, 4.69) is 5.32 Å². The lowest BCUT2D eigenvalue weighted by Crippen LogP contribution is -2.30. The Labute approximate surface area is 175 Å². The summed E-state index contributed by atoms with van der Waals surface area (Å²) < 4.78 is 37.0. The molecule has 2 aliphatic rings. The molecule has 2 aromatic rings. The highest BCUT2D eigenvalue weighted by Crippen LogP contribution is 2.43. The molecule has 1 aliphatic carbocycles. The van der Waals surface area contributed by atoms with E-state index < -0.39 is 10.0 Å². The summed E-state index contributed by atoms with van der Waals surface area (Å²) in [4.78, 5) is 17.7. The lowest BCUT2D eigenvalue weighted by molar-refractivity contribution is -0.0258. The normalized spacial score (nSPS) is 16.9. The van der Waals surface area contributed by atoms with E-state index >= 15 is 0 Å². The van der Waals surface area contributed by atoms with Crippen LogP contribution in [0.5, 0.6) is 11.5 Å². The molecule has 30 heavy (non-hydrogen) atoms. The van der Waals surface area contributed by atoms with Crippen LogP contribution < -0.4 is 14.8 Å². The van der Waals surface area contributed by atoms with Gasteiger partial charge in [0.25, 0.3) is 15.9 Å². The summed E-state index contributed by atoms with van der Waals surface area (Å²) in [5.41, 5.74) is 1.21. The summed E-state index contributed by atoms with van der Waals surface area (Å²) in [5.74, 6) is 1.38. The molecule has 1 heterocycles. The van der Waals surface area contributed by atoms with Gasteiger partial charge >= 0.3 is 0 Å². The molecule has 0 saturated heterocycles. The van der Waals surface area contributed by atoms with Crippen LogP contribution in [-0.2, 0) is 14.9 Å².